The monoisotopic (exact) mass is 397 g/mol. The second-order valence-corrected chi connectivity index (χ2v) is 7.07. The molecule has 0 aliphatic heterocycles. The molecule has 154 valence electrons. The van der Waals surface area contributed by atoms with Gasteiger partial charge in [-0.05, 0) is 17.9 Å². The van der Waals surface area contributed by atoms with Gasteiger partial charge in [0.05, 0.1) is 0 Å². The van der Waals surface area contributed by atoms with Crippen molar-refractivity contribution in [2.75, 3.05) is 13.1 Å². The molecular weight excluding hydrogens is 371 g/mol. The predicted octanol–water partition coefficient (Wildman–Crippen LogP) is 4.98. The highest BCUT2D eigenvalue weighted by Crippen LogP contribution is 2.21. The molecule has 0 aliphatic rings. The quantitative estimate of drug-likeness (QED) is 0.599. The fourth-order valence-electron chi connectivity index (χ4n) is 2.72. The van der Waals surface area contributed by atoms with Crippen LogP contribution in [0, 0.1) is 0 Å². The average Bonchev–Trinajstić information content (AvgIpc) is 3.11. The number of amides is 1. The SMILES string of the molecule is CCCCN(CC(F)(F)F)C(=O)CCc1nc(-c2ccc(C(C)C)cc2)no1. The van der Waals surface area contributed by atoms with E-state index in [0.717, 1.165) is 10.5 Å². The number of benzene rings is 1. The van der Waals surface area contributed by atoms with E-state index < -0.39 is 18.6 Å². The molecule has 1 heterocycles. The molecule has 0 spiro atoms. The second-order valence-electron chi connectivity index (χ2n) is 7.07. The highest BCUT2D eigenvalue weighted by Gasteiger charge is 2.32. The van der Waals surface area contributed by atoms with Crippen LogP contribution in [0.5, 0.6) is 0 Å². The summed E-state index contributed by atoms with van der Waals surface area (Å²) >= 11 is 0. The molecule has 0 fully saturated rings. The summed E-state index contributed by atoms with van der Waals surface area (Å²) in [6, 6.07) is 7.76. The first-order valence-corrected chi connectivity index (χ1v) is 9.47. The lowest BCUT2D eigenvalue weighted by molar-refractivity contribution is -0.161. The summed E-state index contributed by atoms with van der Waals surface area (Å²) in [6.07, 6.45) is -3.17. The zero-order valence-electron chi connectivity index (χ0n) is 16.4. The van der Waals surface area contributed by atoms with Crippen molar-refractivity contribution in [2.45, 2.75) is 58.5 Å². The summed E-state index contributed by atoms with van der Waals surface area (Å²) in [6.45, 7) is 4.92. The third-order valence-corrected chi connectivity index (χ3v) is 4.36. The molecule has 1 aromatic carbocycles. The van der Waals surface area contributed by atoms with Crippen LogP contribution in [0.1, 0.15) is 57.4 Å². The van der Waals surface area contributed by atoms with Crippen molar-refractivity contribution in [3.8, 4) is 11.4 Å². The number of rotatable bonds is 9. The Morgan fingerprint density at radius 3 is 2.46 bits per heavy atom. The van der Waals surface area contributed by atoms with Gasteiger partial charge in [-0.2, -0.15) is 18.2 Å². The Hall–Kier alpha value is -2.38. The maximum absolute atomic E-state index is 12.7. The molecule has 0 unspecified atom stereocenters. The molecule has 0 saturated carbocycles. The van der Waals surface area contributed by atoms with Gasteiger partial charge in [-0.3, -0.25) is 4.79 Å². The Labute approximate surface area is 162 Å². The number of aromatic nitrogens is 2. The average molecular weight is 397 g/mol. The Bertz CT molecular complexity index is 755. The number of hydrogen-bond acceptors (Lipinski definition) is 4. The minimum absolute atomic E-state index is 0.0894. The van der Waals surface area contributed by atoms with Crippen LogP contribution in [0.3, 0.4) is 0 Å². The van der Waals surface area contributed by atoms with Gasteiger partial charge in [-0.1, -0.05) is 56.6 Å². The van der Waals surface area contributed by atoms with Crippen LogP contribution in [0.25, 0.3) is 11.4 Å². The highest BCUT2D eigenvalue weighted by atomic mass is 19.4. The number of halogens is 3. The van der Waals surface area contributed by atoms with Crippen molar-refractivity contribution in [2.24, 2.45) is 0 Å². The molecule has 0 atom stereocenters. The van der Waals surface area contributed by atoms with E-state index in [1.165, 1.54) is 5.56 Å². The number of unbranched alkanes of at least 4 members (excludes halogenated alkanes) is 1. The lowest BCUT2D eigenvalue weighted by atomic mass is 10.0. The smallest absolute Gasteiger partial charge is 0.339 e. The van der Waals surface area contributed by atoms with Crippen molar-refractivity contribution in [3.63, 3.8) is 0 Å². The predicted molar refractivity (Wildman–Crippen MR) is 99.7 cm³/mol. The van der Waals surface area contributed by atoms with E-state index in [1.54, 1.807) is 0 Å². The van der Waals surface area contributed by atoms with Gasteiger partial charge >= 0.3 is 6.18 Å². The van der Waals surface area contributed by atoms with E-state index in [1.807, 2.05) is 31.2 Å². The van der Waals surface area contributed by atoms with Gasteiger partial charge in [0.15, 0.2) is 0 Å². The molecule has 8 heteroatoms. The molecule has 0 N–H and O–H groups in total. The van der Waals surface area contributed by atoms with Gasteiger partial charge in [-0.15, -0.1) is 0 Å². The Kier molecular flexibility index (Phi) is 7.60. The minimum Gasteiger partial charge on any atom is -0.339 e. The van der Waals surface area contributed by atoms with Crippen molar-refractivity contribution in [1.82, 2.24) is 15.0 Å². The van der Waals surface area contributed by atoms with Crippen LogP contribution in [0.4, 0.5) is 13.2 Å². The van der Waals surface area contributed by atoms with Crippen LogP contribution in [0.2, 0.25) is 0 Å². The summed E-state index contributed by atoms with van der Waals surface area (Å²) in [5.41, 5.74) is 1.97. The molecule has 2 rings (SSSR count). The summed E-state index contributed by atoms with van der Waals surface area (Å²) < 4.78 is 43.2. The maximum atomic E-state index is 12.7. The van der Waals surface area contributed by atoms with Crippen LogP contribution in [0.15, 0.2) is 28.8 Å². The summed E-state index contributed by atoms with van der Waals surface area (Å²) in [5.74, 6) is 0.481. The van der Waals surface area contributed by atoms with Crippen LogP contribution in [-0.4, -0.2) is 40.2 Å². The van der Waals surface area contributed by atoms with E-state index in [4.69, 9.17) is 4.52 Å². The fourth-order valence-corrected chi connectivity index (χ4v) is 2.72. The molecule has 2 aromatic rings. The largest absolute Gasteiger partial charge is 0.406 e. The molecule has 0 bridgehead atoms. The van der Waals surface area contributed by atoms with Gasteiger partial charge in [0.25, 0.3) is 0 Å². The fraction of sp³-hybridized carbons (Fsp3) is 0.550. The topological polar surface area (TPSA) is 59.2 Å². The molecular formula is C20H26F3N3O2. The standard InChI is InChI=1S/C20H26F3N3O2/c1-4-5-12-26(13-20(21,22)23)18(27)11-10-17-24-19(25-28-17)16-8-6-15(7-9-16)14(2)3/h6-9,14H,4-5,10-13H2,1-3H3. The maximum Gasteiger partial charge on any atom is 0.406 e. The number of alkyl halides is 3. The van der Waals surface area contributed by atoms with E-state index in [9.17, 15) is 18.0 Å². The Balaban J connectivity index is 1.97. The van der Waals surface area contributed by atoms with E-state index in [0.29, 0.717) is 24.6 Å². The lowest BCUT2D eigenvalue weighted by Gasteiger charge is -2.23. The van der Waals surface area contributed by atoms with Crippen molar-refractivity contribution in [3.05, 3.63) is 35.7 Å². The number of nitrogens with zero attached hydrogens (tertiary/aromatic N) is 3. The third-order valence-electron chi connectivity index (χ3n) is 4.36. The zero-order valence-corrected chi connectivity index (χ0v) is 16.4. The normalized spacial score (nSPS) is 11.8. The minimum atomic E-state index is -4.41. The van der Waals surface area contributed by atoms with Crippen LogP contribution >= 0.6 is 0 Å². The number of carbonyl (C=O) groups excluding carboxylic acids is 1. The molecule has 0 aliphatic carbocycles. The molecule has 0 radical (unpaired) electrons. The van der Waals surface area contributed by atoms with Crippen molar-refractivity contribution >= 4 is 5.91 Å². The number of aryl methyl sites for hydroxylation is 1. The Morgan fingerprint density at radius 2 is 1.89 bits per heavy atom. The van der Waals surface area contributed by atoms with Crippen LogP contribution in [-0.2, 0) is 11.2 Å². The first-order valence-electron chi connectivity index (χ1n) is 9.47. The summed E-state index contributed by atoms with van der Waals surface area (Å²) in [4.78, 5) is 17.3. The summed E-state index contributed by atoms with van der Waals surface area (Å²) in [5, 5.41) is 3.90. The lowest BCUT2D eigenvalue weighted by Crippen LogP contribution is -2.39. The second kappa shape index (κ2) is 9.71. The summed E-state index contributed by atoms with van der Waals surface area (Å²) in [7, 11) is 0. The first kappa shape index (κ1) is 21.9. The van der Waals surface area contributed by atoms with Crippen LogP contribution < -0.4 is 0 Å². The van der Waals surface area contributed by atoms with E-state index in [2.05, 4.69) is 24.0 Å². The van der Waals surface area contributed by atoms with Gasteiger partial charge in [0, 0.05) is 24.9 Å². The van der Waals surface area contributed by atoms with E-state index >= 15 is 0 Å². The molecule has 1 aromatic heterocycles. The molecule has 0 saturated heterocycles. The van der Waals surface area contributed by atoms with Gasteiger partial charge in [0.2, 0.25) is 17.6 Å². The molecule has 5 nitrogen and oxygen atoms in total. The first-order chi connectivity index (χ1) is 13.2. The van der Waals surface area contributed by atoms with E-state index in [-0.39, 0.29) is 25.3 Å². The zero-order chi connectivity index (χ0) is 20.7. The van der Waals surface area contributed by atoms with Crippen molar-refractivity contribution < 1.29 is 22.5 Å². The number of carbonyl (C=O) groups is 1. The molecule has 28 heavy (non-hydrogen) atoms. The van der Waals surface area contributed by atoms with Gasteiger partial charge < -0.3 is 9.42 Å². The molecule has 1 amide bonds. The van der Waals surface area contributed by atoms with Gasteiger partial charge in [0.1, 0.15) is 6.54 Å². The third kappa shape index (κ3) is 6.65. The Morgan fingerprint density at radius 1 is 1.21 bits per heavy atom. The van der Waals surface area contributed by atoms with Crippen molar-refractivity contribution in [1.29, 1.82) is 0 Å². The highest BCUT2D eigenvalue weighted by molar-refractivity contribution is 5.76. The number of hydrogen-bond donors (Lipinski definition) is 0. The van der Waals surface area contributed by atoms with Gasteiger partial charge in [-0.25, -0.2) is 0 Å².